The molecule has 4 heterocycles. The van der Waals surface area contributed by atoms with Crippen LogP contribution in [0.25, 0.3) is 0 Å². The first kappa shape index (κ1) is 29.2. The van der Waals surface area contributed by atoms with Gasteiger partial charge in [-0.15, -0.1) is 0 Å². The van der Waals surface area contributed by atoms with E-state index in [0.29, 0.717) is 18.7 Å². The molecule has 8 nitrogen and oxygen atoms in total. The van der Waals surface area contributed by atoms with Crippen molar-refractivity contribution in [3.8, 4) is 5.75 Å². The second-order valence-electron chi connectivity index (χ2n) is 12.7. The lowest BCUT2D eigenvalue weighted by Crippen LogP contribution is -2.39. The fourth-order valence-corrected chi connectivity index (χ4v) is 9.49. The number of carboxylic acid groups (broad SMARTS) is 1. The summed E-state index contributed by atoms with van der Waals surface area (Å²) in [6.45, 7) is 2.31. The standard InChI is InChI=1S/C35H39N3O5S/c1-22-26-16-17-27-30(36-37-35(22)27)10-6-4-2-3-5-9-25-21-38(44(41,42)33-12-8-7-11-32(33)43-25)31-18-15-23-13-14-24(19-29(23)31)28(26)20-34(39)40/h7-8,11-14,16-17,19,25,28,30-31H,2-6,9-10,15,18,20-21H2,1H3,(H,39,40). The molecular formula is C35H39N3O5S. The van der Waals surface area contributed by atoms with E-state index in [9.17, 15) is 18.3 Å². The largest absolute Gasteiger partial charge is 0.488 e. The van der Waals surface area contributed by atoms with Crippen LogP contribution < -0.4 is 4.74 Å². The fraction of sp³-hybridized carbons (Fsp3) is 0.457. The van der Waals surface area contributed by atoms with E-state index in [1.54, 1.807) is 22.5 Å². The van der Waals surface area contributed by atoms with Gasteiger partial charge in [0, 0.05) is 11.5 Å². The van der Waals surface area contributed by atoms with E-state index >= 15 is 0 Å². The first-order valence-electron chi connectivity index (χ1n) is 16.0. The van der Waals surface area contributed by atoms with Crippen molar-refractivity contribution in [3.63, 3.8) is 0 Å². The highest BCUT2D eigenvalue weighted by atomic mass is 32.2. The molecule has 0 radical (unpaired) electrons. The smallest absolute Gasteiger partial charge is 0.304 e. The maximum Gasteiger partial charge on any atom is 0.304 e. The Morgan fingerprint density at radius 2 is 1.73 bits per heavy atom. The minimum atomic E-state index is -3.84. The molecular weight excluding hydrogens is 574 g/mol. The summed E-state index contributed by atoms with van der Waals surface area (Å²) < 4.78 is 36.6. The number of nitrogens with zero attached hydrogens (tertiary/aromatic N) is 3. The average Bonchev–Trinajstić information content (AvgIpc) is 3.59. The predicted molar refractivity (Wildman–Crippen MR) is 167 cm³/mol. The molecule has 0 amide bonds. The van der Waals surface area contributed by atoms with Gasteiger partial charge in [-0.2, -0.15) is 14.5 Å². The van der Waals surface area contributed by atoms with E-state index in [0.717, 1.165) is 90.4 Å². The summed E-state index contributed by atoms with van der Waals surface area (Å²) in [6.07, 6.45) is 8.15. The number of aryl methyl sites for hydroxylation is 1. The summed E-state index contributed by atoms with van der Waals surface area (Å²) in [6, 6.07) is 17.0. The minimum absolute atomic E-state index is 0.0504. The van der Waals surface area contributed by atoms with Crippen molar-refractivity contribution in [3.05, 3.63) is 88.0 Å². The minimum Gasteiger partial charge on any atom is -0.488 e. The van der Waals surface area contributed by atoms with Gasteiger partial charge in [0.15, 0.2) is 0 Å². The van der Waals surface area contributed by atoms with Crippen LogP contribution in [0.5, 0.6) is 5.75 Å². The molecule has 3 aromatic carbocycles. The van der Waals surface area contributed by atoms with E-state index < -0.39 is 21.9 Å². The van der Waals surface area contributed by atoms with Gasteiger partial charge in [-0.3, -0.25) is 4.79 Å². The lowest BCUT2D eigenvalue weighted by Gasteiger charge is -2.30. The summed E-state index contributed by atoms with van der Waals surface area (Å²) in [7, 11) is -3.84. The van der Waals surface area contributed by atoms with Gasteiger partial charge in [-0.05, 0) is 79.0 Å². The van der Waals surface area contributed by atoms with Crippen LogP contribution in [0.1, 0.15) is 109 Å². The Labute approximate surface area is 259 Å². The third-order valence-corrected chi connectivity index (χ3v) is 11.9. The maximum absolute atomic E-state index is 14.3. The molecule has 8 bridgehead atoms. The first-order chi connectivity index (χ1) is 21.3. The van der Waals surface area contributed by atoms with Crippen LogP contribution in [0.4, 0.5) is 5.69 Å². The quantitative estimate of drug-likeness (QED) is 0.316. The van der Waals surface area contributed by atoms with Gasteiger partial charge in [-0.1, -0.05) is 68.1 Å². The number of ether oxygens (including phenoxy) is 1. The lowest BCUT2D eigenvalue weighted by molar-refractivity contribution is -0.137. The molecule has 0 saturated carbocycles. The summed E-state index contributed by atoms with van der Waals surface area (Å²) in [4.78, 5) is 12.4. The molecule has 5 unspecified atom stereocenters. The number of rotatable bonds is 2. The summed E-state index contributed by atoms with van der Waals surface area (Å²) in [5, 5.41) is 19.2. The van der Waals surface area contributed by atoms with E-state index in [-0.39, 0.29) is 29.5 Å². The van der Waals surface area contributed by atoms with Crippen LogP contribution in [0.15, 0.2) is 69.7 Å². The van der Waals surface area contributed by atoms with Crippen LogP contribution >= 0.6 is 0 Å². The molecule has 44 heavy (non-hydrogen) atoms. The van der Waals surface area contributed by atoms with Crippen LogP contribution in [-0.2, 0) is 21.2 Å². The molecule has 9 heteroatoms. The van der Waals surface area contributed by atoms with Gasteiger partial charge in [0.1, 0.15) is 16.7 Å². The number of benzene rings is 3. The number of carbonyl (C=O) groups is 1. The number of hydrogen-bond donors (Lipinski definition) is 1. The lowest BCUT2D eigenvalue weighted by atomic mass is 9.83. The van der Waals surface area contributed by atoms with Gasteiger partial charge >= 0.3 is 5.97 Å². The zero-order valence-electron chi connectivity index (χ0n) is 25.1. The Balaban J connectivity index is 1.35. The fourth-order valence-electron chi connectivity index (χ4n) is 7.70. The van der Waals surface area contributed by atoms with Crippen LogP contribution in [0.3, 0.4) is 0 Å². The summed E-state index contributed by atoms with van der Waals surface area (Å²) in [5.41, 5.74) is 6.86. The summed E-state index contributed by atoms with van der Waals surface area (Å²) in [5.74, 6) is -0.856. The predicted octanol–water partition coefficient (Wildman–Crippen LogP) is 7.92. The topological polar surface area (TPSA) is 109 Å². The number of fused-ring (bicyclic) bond motifs is 8. The van der Waals surface area contributed by atoms with Crippen molar-refractivity contribution in [1.29, 1.82) is 0 Å². The number of carboxylic acids is 1. The maximum atomic E-state index is 14.3. The molecule has 5 atom stereocenters. The molecule has 230 valence electrons. The van der Waals surface area contributed by atoms with Gasteiger partial charge in [0.25, 0.3) is 0 Å². The second-order valence-corrected chi connectivity index (χ2v) is 14.6. The van der Waals surface area contributed by atoms with Crippen molar-refractivity contribution in [2.75, 3.05) is 6.54 Å². The Morgan fingerprint density at radius 1 is 0.955 bits per heavy atom. The first-order valence-corrected chi connectivity index (χ1v) is 17.4. The van der Waals surface area contributed by atoms with E-state index in [1.165, 1.54) is 0 Å². The average molecular weight is 614 g/mol. The Bertz CT molecular complexity index is 1740. The Hall–Kier alpha value is -3.56. The molecule has 0 saturated heterocycles. The van der Waals surface area contributed by atoms with Crippen molar-refractivity contribution in [2.24, 2.45) is 10.2 Å². The van der Waals surface area contributed by atoms with Gasteiger partial charge in [-0.25, -0.2) is 8.42 Å². The molecule has 0 aromatic heterocycles. The second kappa shape index (κ2) is 11.7. The molecule has 0 fully saturated rings. The molecule has 3 aromatic rings. The highest BCUT2D eigenvalue weighted by Crippen LogP contribution is 2.47. The van der Waals surface area contributed by atoms with Gasteiger partial charge in [0.05, 0.1) is 30.7 Å². The van der Waals surface area contributed by atoms with E-state index in [1.807, 2.05) is 19.1 Å². The van der Waals surface area contributed by atoms with Crippen molar-refractivity contribution in [1.82, 2.24) is 4.31 Å². The van der Waals surface area contributed by atoms with Gasteiger partial charge < -0.3 is 9.84 Å². The number of hydrogen-bond acceptors (Lipinski definition) is 6. The summed E-state index contributed by atoms with van der Waals surface area (Å²) >= 11 is 0. The third kappa shape index (κ3) is 5.24. The highest BCUT2D eigenvalue weighted by molar-refractivity contribution is 7.89. The third-order valence-electron chi connectivity index (χ3n) is 10.00. The number of azo groups is 1. The van der Waals surface area contributed by atoms with E-state index in [2.05, 4.69) is 34.5 Å². The monoisotopic (exact) mass is 613 g/mol. The Morgan fingerprint density at radius 3 is 2.57 bits per heavy atom. The molecule has 8 rings (SSSR count). The van der Waals surface area contributed by atoms with E-state index in [4.69, 9.17) is 4.74 Å². The normalized spacial score (nSPS) is 27.2. The molecule has 5 aliphatic rings. The van der Waals surface area contributed by atoms with Crippen molar-refractivity contribution < 1.29 is 23.1 Å². The SMILES string of the molecule is Cc1c2ccc3c1N=NC3CCCCCCCC1CN(C3CCc4ccc(cc43)C2CC(=O)O)S(=O)(=O)c2ccccc2O1. The Kier molecular flexibility index (Phi) is 7.79. The number of sulfonamides is 1. The van der Waals surface area contributed by atoms with Crippen molar-refractivity contribution >= 4 is 21.7 Å². The molecule has 1 N–H and O–H groups in total. The van der Waals surface area contributed by atoms with Crippen LogP contribution in [-0.4, -0.2) is 36.4 Å². The number of aliphatic carboxylic acids is 1. The van der Waals surface area contributed by atoms with Crippen LogP contribution in [0, 0.1) is 6.92 Å². The zero-order valence-corrected chi connectivity index (χ0v) is 25.9. The van der Waals surface area contributed by atoms with Crippen LogP contribution in [0.2, 0.25) is 0 Å². The zero-order chi connectivity index (χ0) is 30.4. The van der Waals surface area contributed by atoms with Gasteiger partial charge in [0.2, 0.25) is 10.0 Å². The molecule has 1 aliphatic carbocycles. The molecule has 0 spiro atoms. The highest BCUT2D eigenvalue weighted by Gasteiger charge is 2.42. The number of para-hydroxylation sites is 1. The molecule has 4 aliphatic heterocycles. The van der Waals surface area contributed by atoms with Crippen molar-refractivity contribution in [2.45, 2.75) is 100 Å².